The first-order valence-electron chi connectivity index (χ1n) is 7.45. The summed E-state index contributed by atoms with van der Waals surface area (Å²) in [6, 6.07) is 3.89. The van der Waals surface area contributed by atoms with E-state index in [0.29, 0.717) is 22.1 Å². The van der Waals surface area contributed by atoms with Gasteiger partial charge in [-0.2, -0.15) is 0 Å². The molecule has 5 heteroatoms. The minimum Gasteiger partial charge on any atom is -0.505 e. The third-order valence-electron chi connectivity index (χ3n) is 3.54. The van der Waals surface area contributed by atoms with Crippen LogP contribution in [0.2, 0.25) is 0 Å². The standard InChI is InChI=1S/C18H22ClN3O/c1-11-7-13(18(2,3)4)17(23)16(8-11)22-10-21-15-9-12(19)5-6-14(15)20/h5-9,20,22-23H,10H2,1-4H3. The molecule has 2 rings (SSSR count). The quantitative estimate of drug-likeness (QED) is 0.563. The largest absolute Gasteiger partial charge is 0.505 e. The number of phenolic OH excluding ortho intramolecular Hbond substituents is 1. The molecule has 0 aliphatic heterocycles. The normalized spacial score (nSPS) is 16.7. The second-order valence-corrected chi connectivity index (χ2v) is 7.05. The van der Waals surface area contributed by atoms with Crippen molar-refractivity contribution in [2.75, 3.05) is 12.0 Å². The molecule has 1 aliphatic carbocycles. The summed E-state index contributed by atoms with van der Waals surface area (Å²) in [5.74, 6) is 0.246. The van der Waals surface area contributed by atoms with E-state index in [2.05, 4.69) is 31.1 Å². The first kappa shape index (κ1) is 17.3. The fraction of sp³-hybridized carbons (Fsp3) is 0.333. The molecule has 122 valence electrons. The maximum absolute atomic E-state index is 10.5. The van der Waals surface area contributed by atoms with E-state index in [1.165, 1.54) is 0 Å². The molecule has 23 heavy (non-hydrogen) atoms. The minimum absolute atomic E-state index is 0.148. The Morgan fingerprint density at radius 1 is 1.26 bits per heavy atom. The van der Waals surface area contributed by atoms with Crippen molar-refractivity contribution in [1.29, 1.82) is 5.41 Å². The number of anilines is 1. The van der Waals surface area contributed by atoms with Gasteiger partial charge in [0.25, 0.3) is 0 Å². The van der Waals surface area contributed by atoms with Gasteiger partial charge < -0.3 is 10.4 Å². The molecule has 0 saturated carbocycles. The van der Waals surface area contributed by atoms with E-state index < -0.39 is 0 Å². The number of halogens is 1. The summed E-state index contributed by atoms with van der Waals surface area (Å²) in [6.45, 7) is 8.44. The lowest BCUT2D eigenvalue weighted by Crippen LogP contribution is -2.15. The molecule has 0 heterocycles. The molecule has 0 fully saturated rings. The summed E-state index contributed by atoms with van der Waals surface area (Å²) >= 11 is 5.93. The zero-order valence-corrected chi connectivity index (χ0v) is 14.6. The van der Waals surface area contributed by atoms with Crippen LogP contribution in [-0.4, -0.2) is 23.2 Å². The van der Waals surface area contributed by atoms with Crippen molar-refractivity contribution in [1.82, 2.24) is 0 Å². The topological polar surface area (TPSA) is 68.5 Å². The van der Waals surface area contributed by atoms with Gasteiger partial charge in [0.05, 0.1) is 17.1 Å². The Labute approximate surface area is 142 Å². The van der Waals surface area contributed by atoms with Crippen LogP contribution in [0, 0.1) is 12.3 Å². The number of aliphatic imine (C=N–C) groups is 1. The van der Waals surface area contributed by atoms with Gasteiger partial charge >= 0.3 is 0 Å². The van der Waals surface area contributed by atoms with Gasteiger partial charge in [-0.1, -0.05) is 38.4 Å². The molecule has 1 aromatic rings. The lowest BCUT2D eigenvalue weighted by atomic mass is 9.85. The van der Waals surface area contributed by atoms with Crippen LogP contribution in [0.15, 0.2) is 40.4 Å². The molecule has 0 atom stereocenters. The van der Waals surface area contributed by atoms with Gasteiger partial charge in [-0.3, -0.25) is 10.4 Å². The summed E-state index contributed by atoms with van der Waals surface area (Å²) in [7, 11) is 0. The lowest BCUT2D eigenvalue weighted by Gasteiger charge is -2.23. The molecule has 0 saturated heterocycles. The number of benzene rings is 1. The molecule has 0 spiro atoms. The van der Waals surface area contributed by atoms with E-state index in [0.717, 1.165) is 11.1 Å². The number of allylic oxidation sites excluding steroid dienone is 4. The molecule has 4 nitrogen and oxygen atoms in total. The number of aromatic hydroxyl groups is 1. The van der Waals surface area contributed by atoms with Crippen molar-refractivity contribution in [3.63, 3.8) is 0 Å². The Morgan fingerprint density at radius 3 is 2.61 bits per heavy atom. The zero-order chi connectivity index (χ0) is 17.2. The molecule has 0 unspecified atom stereocenters. The summed E-state index contributed by atoms with van der Waals surface area (Å²) in [6.07, 6.45) is 4.93. The molecular formula is C18H22ClN3O. The monoisotopic (exact) mass is 331 g/mol. The predicted molar refractivity (Wildman–Crippen MR) is 98.3 cm³/mol. The summed E-state index contributed by atoms with van der Waals surface area (Å²) in [5, 5.41) is 22.0. The Kier molecular flexibility index (Phi) is 4.95. The fourth-order valence-electron chi connectivity index (χ4n) is 2.33. The number of hydrogen-bond acceptors (Lipinski definition) is 4. The van der Waals surface area contributed by atoms with E-state index >= 15 is 0 Å². The number of nitrogens with zero attached hydrogens (tertiary/aromatic N) is 1. The van der Waals surface area contributed by atoms with E-state index in [1.807, 2.05) is 19.1 Å². The van der Waals surface area contributed by atoms with Crippen molar-refractivity contribution < 1.29 is 5.11 Å². The molecule has 1 aromatic carbocycles. The SMILES string of the molecule is Cc1cc(NCN=C2C=C(Cl)C=CC2=N)c(O)c(C(C)(C)C)c1. The average Bonchev–Trinajstić information content (AvgIpc) is 2.44. The maximum Gasteiger partial charge on any atom is 0.142 e. The molecule has 0 bridgehead atoms. The second-order valence-electron chi connectivity index (χ2n) is 6.61. The predicted octanol–water partition coefficient (Wildman–Crippen LogP) is 4.52. The molecule has 3 N–H and O–H groups in total. The van der Waals surface area contributed by atoms with Gasteiger partial charge in [0.2, 0.25) is 0 Å². The van der Waals surface area contributed by atoms with Crippen LogP contribution in [-0.2, 0) is 5.41 Å². The fourth-order valence-corrected chi connectivity index (χ4v) is 2.50. The second kappa shape index (κ2) is 6.59. The van der Waals surface area contributed by atoms with Gasteiger partial charge in [-0.05, 0) is 42.2 Å². The van der Waals surface area contributed by atoms with Gasteiger partial charge in [0.15, 0.2) is 0 Å². The third kappa shape index (κ3) is 4.23. The smallest absolute Gasteiger partial charge is 0.142 e. The van der Waals surface area contributed by atoms with Crippen LogP contribution in [0.25, 0.3) is 0 Å². The van der Waals surface area contributed by atoms with Crippen molar-refractivity contribution in [2.24, 2.45) is 4.99 Å². The molecular weight excluding hydrogens is 310 g/mol. The maximum atomic E-state index is 10.5. The highest BCUT2D eigenvalue weighted by Crippen LogP contribution is 2.37. The summed E-state index contributed by atoms with van der Waals surface area (Å²) in [5.41, 5.74) is 3.30. The van der Waals surface area contributed by atoms with Crippen molar-refractivity contribution in [3.05, 3.63) is 46.5 Å². The number of aryl methyl sites for hydroxylation is 1. The first-order chi connectivity index (χ1) is 10.7. The number of hydrogen-bond donors (Lipinski definition) is 3. The molecule has 0 aromatic heterocycles. The van der Waals surface area contributed by atoms with E-state index in [1.54, 1.807) is 18.2 Å². The van der Waals surface area contributed by atoms with E-state index in [-0.39, 0.29) is 17.8 Å². The Morgan fingerprint density at radius 2 is 1.96 bits per heavy atom. The highest BCUT2D eigenvalue weighted by molar-refractivity contribution is 6.52. The number of phenols is 1. The van der Waals surface area contributed by atoms with Crippen molar-refractivity contribution >= 4 is 28.7 Å². The van der Waals surface area contributed by atoms with E-state index in [9.17, 15) is 5.11 Å². The van der Waals surface area contributed by atoms with Crippen LogP contribution in [0.1, 0.15) is 31.9 Å². The van der Waals surface area contributed by atoms with Crippen LogP contribution < -0.4 is 5.32 Å². The van der Waals surface area contributed by atoms with Crippen molar-refractivity contribution in [2.45, 2.75) is 33.1 Å². The molecule has 1 aliphatic rings. The Hall–Kier alpha value is -2.07. The lowest BCUT2D eigenvalue weighted by molar-refractivity contribution is 0.448. The van der Waals surface area contributed by atoms with Gasteiger partial charge in [-0.25, -0.2) is 0 Å². The van der Waals surface area contributed by atoms with E-state index in [4.69, 9.17) is 17.0 Å². The highest BCUT2D eigenvalue weighted by atomic mass is 35.5. The van der Waals surface area contributed by atoms with Gasteiger partial charge in [-0.15, -0.1) is 0 Å². The van der Waals surface area contributed by atoms with Crippen LogP contribution >= 0.6 is 11.6 Å². The van der Waals surface area contributed by atoms with Crippen LogP contribution in [0.3, 0.4) is 0 Å². The summed E-state index contributed by atoms with van der Waals surface area (Å²) in [4.78, 5) is 4.33. The third-order valence-corrected chi connectivity index (χ3v) is 3.78. The first-order valence-corrected chi connectivity index (χ1v) is 7.83. The van der Waals surface area contributed by atoms with Crippen molar-refractivity contribution in [3.8, 4) is 5.75 Å². The minimum atomic E-state index is -0.148. The Bertz CT molecular complexity index is 725. The molecule has 0 radical (unpaired) electrons. The molecule has 0 amide bonds. The number of rotatable bonds is 3. The highest BCUT2D eigenvalue weighted by Gasteiger charge is 2.20. The van der Waals surface area contributed by atoms with Crippen LogP contribution in [0.5, 0.6) is 5.75 Å². The van der Waals surface area contributed by atoms with Crippen LogP contribution in [0.4, 0.5) is 5.69 Å². The average molecular weight is 332 g/mol. The zero-order valence-electron chi connectivity index (χ0n) is 13.9. The summed E-state index contributed by atoms with van der Waals surface area (Å²) < 4.78 is 0. The Balaban J connectivity index is 2.20. The van der Waals surface area contributed by atoms with Gasteiger partial charge in [0, 0.05) is 10.6 Å². The van der Waals surface area contributed by atoms with Gasteiger partial charge in [0.1, 0.15) is 12.4 Å². The number of nitrogens with one attached hydrogen (secondary N) is 2.